The third kappa shape index (κ3) is 37.9. The molecule has 0 saturated carbocycles. The number of phosphoric acid groups is 1. The zero-order chi connectivity index (χ0) is 67.0. The topological polar surface area (TPSA) is 222 Å². The van der Waals surface area contributed by atoms with Gasteiger partial charge in [0.1, 0.15) is 68.1 Å². The molecule has 2 heterocycles. The number of aliphatic hydroxyl groups excluding tert-OH is 1. The molecule has 2 aliphatic heterocycles. The number of halogens is 3. The molecule has 0 aliphatic carbocycles. The first kappa shape index (κ1) is 82.2. The molecule has 0 radical (unpaired) electrons. The molecule has 2 saturated heterocycles. The van der Waals surface area contributed by atoms with E-state index < -0.39 is 111 Å². The fourth-order valence-electron chi connectivity index (χ4n) is 10.5. The van der Waals surface area contributed by atoms with Crippen LogP contribution in [0.25, 0.3) is 0 Å². The van der Waals surface area contributed by atoms with E-state index in [1.54, 1.807) is 20.1 Å². The lowest BCUT2D eigenvalue weighted by molar-refractivity contribution is -0.323. The second-order valence-electron chi connectivity index (χ2n) is 22.9. The minimum Gasteiger partial charge on any atom is -0.470 e. The molecular formula is C66H117Cl3NO19P. The number of ether oxygens (including phenoxy) is 12. The van der Waals surface area contributed by atoms with Crippen molar-refractivity contribution in [3.05, 3.63) is 50.3 Å². The molecule has 2 unspecified atom stereocenters. The van der Waals surface area contributed by atoms with Gasteiger partial charge in [0, 0.05) is 33.8 Å². The lowest BCUT2D eigenvalue weighted by atomic mass is 9.96. The highest BCUT2D eigenvalue weighted by atomic mass is 35.6. The van der Waals surface area contributed by atoms with E-state index in [0.717, 1.165) is 89.9 Å². The first-order valence-corrected chi connectivity index (χ1v) is 36.0. The van der Waals surface area contributed by atoms with Crippen LogP contribution in [0.1, 0.15) is 209 Å². The summed E-state index contributed by atoms with van der Waals surface area (Å²) in [6.07, 6.45) is 20.1. The first-order valence-electron chi connectivity index (χ1n) is 34.0. The monoisotopic (exact) mass is 1360 g/mol. The number of carbonyl (C=O) groups excluding carboxylic acids is 2. The Balaban J connectivity index is 2.68. The average Bonchev–Trinajstić information content (AvgIpc) is 0.808. The highest BCUT2D eigenvalue weighted by Gasteiger charge is 2.54. The Labute approximate surface area is 557 Å². The van der Waals surface area contributed by atoms with E-state index in [2.05, 4.69) is 45.8 Å². The van der Waals surface area contributed by atoms with Crippen LogP contribution in [0.5, 0.6) is 0 Å². The molecule has 24 heteroatoms. The van der Waals surface area contributed by atoms with Gasteiger partial charge in [-0.05, 0) is 39.0 Å². The number of phosphoric ester groups is 1. The predicted octanol–water partition coefficient (Wildman–Crippen LogP) is 16.2. The van der Waals surface area contributed by atoms with E-state index >= 15 is 0 Å². The minimum absolute atomic E-state index is 0.00661. The fourth-order valence-corrected chi connectivity index (χ4v) is 12.0. The van der Waals surface area contributed by atoms with E-state index in [1.807, 2.05) is 0 Å². The van der Waals surface area contributed by atoms with Gasteiger partial charge in [-0.2, -0.15) is 0 Å². The van der Waals surface area contributed by atoms with Crippen molar-refractivity contribution in [2.24, 2.45) is 0 Å². The Bertz CT molecular complexity index is 1940. The van der Waals surface area contributed by atoms with Crippen molar-refractivity contribution in [3.63, 3.8) is 0 Å². The lowest BCUT2D eigenvalue weighted by Gasteiger charge is -2.47. The lowest BCUT2D eigenvalue weighted by Crippen LogP contribution is -2.67. The van der Waals surface area contributed by atoms with Crippen molar-refractivity contribution in [1.82, 2.24) is 5.32 Å². The molecule has 20 nitrogen and oxygen atoms in total. The summed E-state index contributed by atoms with van der Waals surface area (Å²) >= 11 is 18.1. The van der Waals surface area contributed by atoms with Gasteiger partial charge in [-0.15, -0.1) is 13.2 Å². The number of methoxy groups -OCH3 is 2. The molecule has 526 valence electrons. The van der Waals surface area contributed by atoms with Crippen molar-refractivity contribution in [1.29, 1.82) is 0 Å². The number of hydrogen-bond donors (Lipinski definition) is 2. The molecule has 0 bridgehead atoms. The summed E-state index contributed by atoms with van der Waals surface area (Å²) in [7, 11) is -1.47. The van der Waals surface area contributed by atoms with Gasteiger partial charge in [-0.25, -0.2) is 14.2 Å². The average molecular weight is 1370 g/mol. The number of allylic oxidation sites excluding steroid dienone is 1. The Morgan fingerprint density at radius 1 is 0.622 bits per heavy atom. The maximum Gasteiger partial charge on any atom is 0.508 e. The van der Waals surface area contributed by atoms with Crippen LogP contribution in [-0.4, -0.2) is 168 Å². The highest BCUT2D eigenvalue weighted by Crippen LogP contribution is 2.52. The number of amides is 1. The molecule has 0 aromatic rings. The summed E-state index contributed by atoms with van der Waals surface area (Å²) in [6.45, 7) is 16.4. The molecule has 2 rings (SSSR count). The van der Waals surface area contributed by atoms with Crippen LogP contribution >= 0.6 is 42.6 Å². The van der Waals surface area contributed by atoms with Crippen LogP contribution in [-0.2, 0) is 75.0 Å². The van der Waals surface area contributed by atoms with Crippen LogP contribution in [0.15, 0.2) is 50.3 Å². The van der Waals surface area contributed by atoms with E-state index in [0.29, 0.717) is 25.7 Å². The molecule has 2 N–H and O–H groups in total. The predicted molar refractivity (Wildman–Crippen MR) is 353 cm³/mol. The van der Waals surface area contributed by atoms with E-state index in [9.17, 15) is 20.6 Å². The zero-order valence-corrected chi connectivity index (χ0v) is 58.5. The number of rotatable bonds is 57. The van der Waals surface area contributed by atoms with Gasteiger partial charge in [0.05, 0.1) is 46.8 Å². The smallest absolute Gasteiger partial charge is 0.470 e. The molecule has 0 spiro atoms. The third-order valence-electron chi connectivity index (χ3n) is 15.3. The number of unbranched alkanes of at least 4 members (excludes halogenated alkanes) is 20. The third-order valence-corrected chi connectivity index (χ3v) is 17.1. The van der Waals surface area contributed by atoms with Gasteiger partial charge in [0.25, 0.3) is 0 Å². The number of aliphatic hydroxyl groups is 1. The van der Waals surface area contributed by atoms with Crippen LogP contribution in [0.4, 0.5) is 9.59 Å². The van der Waals surface area contributed by atoms with E-state index in [-0.39, 0.29) is 52.2 Å². The molecule has 90 heavy (non-hydrogen) atoms. The van der Waals surface area contributed by atoms with Crippen LogP contribution in [0, 0.1) is 0 Å². The Hall–Kier alpha value is -2.08. The van der Waals surface area contributed by atoms with Crippen molar-refractivity contribution in [2.45, 2.75) is 285 Å². The fraction of sp³-hybridized carbons (Fsp3) is 0.848. The molecule has 13 atom stereocenters. The SMILES string of the molecule is [2H]C(CCCCCCCCCCC)O[C@H]1[C@H](O)[C@@H](CO[C@@H]2O[C@H](COC)[C@@H](OP(=O)(OCC=C)OCC=C)[C@H](OCC[C@@H](CCCCCCC)OC)[C@H]2NC(=O)OCC(Cl)(Cl)Cl)OC(O/C=C/C)[C@@H]1OCC[C@@H](CCCCCCCCCCC)OC(=O)OCC=C. The van der Waals surface area contributed by atoms with Crippen molar-refractivity contribution in [3.8, 4) is 0 Å². The number of carbonyl (C=O) groups is 2. The molecule has 0 aromatic carbocycles. The largest absolute Gasteiger partial charge is 0.508 e. The normalized spacial score (nSPS) is 23.4. The Kier molecular flexibility index (Phi) is 48.5. The Morgan fingerprint density at radius 3 is 1.66 bits per heavy atom. The minimum atomic E-state index is -4.52. The van der Waals surface area contributed by atoms with E-state index in [4.69, 9.17) is 105 Å². The van der Waals surface area contributed by atoms with Crippen LogP contribution < -0.4 is 5.32 Å². The second-order valence-corrected chi connectivity index (χ2v) is 27.1. The molecular weight excluding hydrogens is 1250 g/mol. The molecule has 2 fully saturated rings. The number of nitrogens with one attached hydrogen (secondary N) is 1. The second kappa shape index (κ2) is 53.1. The van der Waals surface area contributed by atoms with Crippen molar-refractivity contribution in [2.75, 3.05) is 73.7 Å². The van der Waals surface area contributed by atoms with Gasteiger partial charge in [0.15, 0.2) is 6.29 Å². The molecule has 0 aromatic heterocycles. The number of alkyl halides is 3. The van der Waals surface area contributed by atoms with Gasteiger partial charge in [-0.3, -0.25) is 13.6 Å². The summed E-state index contributed by atoms with van der Waals surface area (Å²) in [6, 6.07) is -1.41. The van der Waals surface area contributed by atoms with Crippen molar-refractivity contribution >= 4 is 54.9 Å². The number of alkyl carbamates (subject to hydrolysis) is 1. The van der Waals surface area contributed by atoms with Gasteiger partial charge >= 0.3 is 20.1 Å². The standard InChI is InChI=1S/C66H117Cl3NO19P/c1-10-17-20-23-25-27-29-31-34-37-46-77-60-57(71)54(87-63(80-42-13-4)61(60)79-48-41-53(86-65(73)81-43-14-5)39-36-33-30-28-26-24-21-18-11-2)50-82-62-56(70-64(72)83-51-66(67,68)69)59(78-47-40-52(76-9)38-35-32-22-19-12-3)58(55(88-62)49-75-8)89-90(74,84-44-15-6)85-45-16-7/h13-16,42,52-63,71H,5-7,10-12,17-41,43-51H2,1-4,8-9H3,(H,70,72)/b42-13+/t52-,53-,54-,55-,56-,57-,58-,59-,60+,61-,62-,63?/m1/s1/i46D/t46?,52-,53-,54-,55-,56-,57-,58-,59-,60+,61-,62-,63?. The quantitative estimate of drug-likeness (QED) is 0.0144. The van der Waals surface area contributed by atoms with Crippen LogP contribution in [0.3, 0.4) is 0 Å². The van der Waals surface area contributed by atoms with Crippen molar-refractivity contribution < 1.29 is 91.0 Å². The number of hydrogen-bond acceptors (Lipinski definition) is 19. The maximum absolute atomic E-state index is 14.5. The first-order chi connectivity index (χ1) is 44.0. The molecule has 2 aliphatic rings. The zero-order valence-electron chi connectivity index (χ0n) is 56.3. The Morgan fingerprint density at radius 2 is 1.13 bits per heavy atom. The maximum atomic E-state index is 14.5. The summed E-state index contributed by atoms with van der Waals surface area (Å²) in [5.41, 5.74) is 0. The summed E-state index contributed by atoms with van der Waals surface area (Å²) in [5.74, 6) is 0. The van der Waals surface area contributed by atoms with Gasteiger partial charge < -0.3 is 67.3 Å². The summed E-state index contributed by atoms with van der Waals surface area (Å²) in [4.78, 5) is 26.8. The van der Waals surface area contributed by atoms with E-state index in [1.165, 1.54) is 89.4 Å². The van der Waals surface area contributed by atoms with Gasteiger partial charge in [-0.1, -0.05) is 228 Å². The summed E-state index contributed by atoms with van der Waals surface area (Å²) in [5, 5.41) is 15.3. The highest BCUT2D eigenvalue weighted by molar-refractivity contribution is 7.48. The van der Waals surface area contributed by atoms with Crippen LogP contribution in [0.2, 0.25) is 0 Å². The molecule has 1 amide bonds. The summed E-state index contributed by atoms with van der Waals surface area (Å²) < 4.78 is 113. The van der Waals surface area contributed by atoms with Gasteiger partial charge in [0.2, 0.25) is 10.1 Å².